The summed E-state index contributed by atoms with van der Waals surface area (Å²) in [4.78, 5) is 11.3. The minimum absolute atomic E-state index is 0.313. The first-order chi connectivity index (χ1) is 8.81. The van der Waals surface area contributed by atoms with Crippen molar-refractivity contribution >= 4 is 6.09 Å². The number of hydrogen-bond acceptors (Lipinski definition) is 2. The lowest BCUT2D eigenvalue weighted by molar-refractivity contribution is 0.152. The highest BCUT2D eigenvalue weighted by Crippen LogP contribution is 2.38. The van der Waals surface area contributed by atoms with Gasteiger partial charge in [0, 0.05) is 19.4 Å². The topological polar surface area (TPSA) is 38.3 Å². The van der Waals surface area contributed by atoms with Crippen molar-refractivity contribution in [3.8, 4) is 11.8 Å². The maximum atomic E-state index is 11.3. The highest BCUT2D eigenvalue weighted by atomic mass is 16.5. The molecule has 2 atom stereocenters. The van der Waals surface area contributed by atoms with E-state index in [0.29, 0.717) is 25.0 Å². The van der Waals surface area contributed by atoms with Crippen LogP contribution in [-0.4, -0.2) is 19.2 Å². The number of rotatable bonds is 3. The molecule has 2 aliphatic carbocycles. The summed E-state index contributed by atoms with van der Waals surface area (Å²) < 4.78 is 5.23. The van der Waals surface area contributed by atoms with Crippen molar-refractivity contribution in [3.05, 3.63) is 11.6 Å². The van der Waals surface area contributed by atoms with E-state index in [1.807, 2.05) is 6.92 Å². The lowest BCUT2D eigenvalue weighted by Crippen LogP contribution is -2.25. The first-order valence-corrected chi connectivity index (χ1v) is 6.86. The summed E-state index contributed by atoms with van der Waals surface area (Å²) in [6, 6.07) is 0. The number of amides is 1. The van der Waals surface area contributed by atoms with Crippen LogP contribution in [0.5, 0.6) is 0 Å². The summed E-state index contributed by atoms with van der Waals surface area (Å²) in [6.07, 6.45) is 7.35. The molecule has 18 heavy (non-hydrogen) atoms. The second-order valence-electron chi connectivity index (χ2n) is 4.92. The second kappa shape index (κ2) is 6.49. The molecule has 2 rings (SSSR count). The molecule has 0 radical (unpaired) electrons. The molecule has 0 heterocycles. The molecular formula is C15H21NO2. The Morgan fingerprint density at radius 1 is 1.44 bits per heavy atom. The lowest BCUT2D eigenvalue weighted by Gasteiger charge is -2.22. The number of carbonyl (C=O) groups is 1. The number of nitrogens with one attached hydrogen (secondary N) is 1. The number of fused-ring (bicyclic) bond motifs is 1. The lowest BCUT2D eigenvalue weighted by atomic mass is 9.83. The van der Waals surface area contributed by atoms with Crippen LogP contribution >= 0.6 is 0 Å². The van der Waals surface area contributed by atoms with Crippen molar-refractivity contribution in [2.45, 2.75) is 39.0 Å². The fraction of sp³-hybridized carbons (Fsp3) is 0.667. The Hall–Kier alpha value is -1.43. The van der Waals surface area contributed by atoms with Gasteiger partial charge in [-0.2, -0.15) is 0 Å². The summed E-state index contributed by atoms with van der Waals surface area (Å²) in [7, 11) is 0. The molecule has 0 aromatic carbocycles. The van der Waals surface area contributed by atoms with Gasteiger partial charge < -0.3 is 10.1 Å². The van der Waals surface area contributed by atoms with Gasteiger partial charge in [0.15, 0.2) is 0 Å². The molecule has 0 saturated carbocycles. The molecule has 98 valence electrons. The smallest absolute Gasteiger partial charge is 0.407 e. The van der Waals surface area contributed by atoms with Gasteiger partial charge in [0.1, 0.15) is 6.61 Å². The fourth-order valence-electron chi connectivity index (χ4n) is 2.83. The van der Waals surface area contributed by atoms with Crippen LogP contribution in [0.15, 0.2) is 11.6 Å². The Morgan fingerprint density at radius 3 is 3.00 bits per heavy atom. The van der Waals surface area contributed by atoms with Crippen molar-refractivity contribution in [2.75, 3.05) is 13.2 Å². The number of hydrogen-bond donors (Lipinski definition) is 1. The molecule has 0 aliphatic heterocycles. The van der Waals surface area contributed by atoms with Crippen LogP contribution in [0.2, 0.25) is 0 Å². The molecule has 0 fully saturated rings. The molecule has 0 aromatic rings. The standard InChI is InChI=1S/C15H21NO2/c1-2-16-15(17)18-11-13-10-9-12-7-5-3-4-6-8-14(12)13/h10,12,14H,2,5-9,11H2,1H3,(H,16,17)/t12-,14+/m0/s1. The highest BCUT2D eigenvalue weighted by molar-refractivity contribution is 5.67. The van der Waals surface area contributed by atoms with Crippen LogP contribution in [0, 0.1) is 23.7 Å². The second-order valence-corrected chi connectivity index (χ2v) is 4.92. The van der Waals surface area contributed by atoms with Gasteiger partial charge in [-0.15, -0.1) is 11.8 Å². The fourth-order valence-corrected chi connectivity index (χ4v) is 2.83. The van der Waals surface area contributed by atoms with Crippen molar-refractivity contribution < 1.29 is 9.53 Å². The summed E-state index contributed by atoms with van der Waals surface area (Å²) in [5.74, 6) is 7.71. The third kappa shape index (κ3) is 3.29. The zero-order chi connectivity index (χ0) is 12.8. The first-order valence-electron chi connectivity index (χ1n) is 6.86. The third-order valence-corrected chi connectivity index (χ3v) is 3.76. The quantitative estimate of drug-likeness (QED) is 0.615. The van der Waals surface area contributed by atoms with Crippen molar-refractivity contribution in [1.82, 2.24) is 5.32 Å². The van der Waals surface area contributed by atoms with E-state index in [2.05, 4.69) is 23.2 Å². The van der Waals surface area contributed by atoms with E-state index in [1.54, 1.807) is 0 Å². The monoisotopic (exact) mass is 247 g/mol. The Balaban J connectivity index is 1.86. The molecule has 1 N–H and O–H groups in total. The number of carbonyl (C=O) groups excluding carboxylic acids is 1. The highest BCUT2D eigenvalue weighted by Gasteiger charge is 2.29. The molecule has 0 spiro atoms. The van der Waals surface area contributed by atoms with Gasteiger partial charge in [0.05, 0.1) is 0 Å². The third-order valence-electron chi connectivity index (χ3n) is 3.76. The molecule has 1 amide bonds. The van der Waals surface area contributed by atoms with Crippen LogP contribution < -0.4 is 5.32 Å². The zero-order valence-electron chi connectivity index (χ0n) is 11.0. The molecule has 3 nitrogen and oxygen atoms in total. The van der Waals surface area contributed by atoms with E-state index in [9.17, 15) is 4.79 Å². The summed E-state index contributed by atoms with van der Waals surface area (Å²) in [6.45, 7) is 2.94. The van der Waals surface area contributed by atoms with E-state index in [0.717, 1.165) is 25.7 Å². The number of alkyl carbamates (subject to hydrolysis) is 1. The average molecular weight is 247 g/mol. The summed E-state index contributed by atoms with van der Waals surface area (Å²) in [5, 5.41) is 2.65. The predicted octanol–water partition coefficient (Wildman–Crippen LogP) is 2.87. The molecular weight excluding hydrogens is 226 g/mol. The molecule has 0 unspecified atom stereocenters. The Labute approximate surface area is 109 Å². The Bertz CT molecular complexity index is 389. The molecule has 2 aliphatic rings. The van der Waals surface area contributed by atoms with E-state index < -0.39 is 0 Å². The van der Waals surface area contributed by atoms with E-state index >= 15 is 0 Å². The summed E-state index contributed by atoms with van der Waals surface area (Å²) >= 11 is 0. The number of ether oxygens (including phenoxy) is 1. The van der Waals surface area contributed by atoms with Gasteiger partial charge in [-0.3, -0.25) is 0 Å². The normalized spacial score (nSPS) is 25.9. The van der Waals surface area contributed by atoms with Gasteiger partial charge in [0.25, 0.3) is 0 Å². The molecule has 0 bridgehead atoms. The average Bonchev–Trinajstić information content (AvgIpc) is 2.68. The predicted molar refractivity (Wildman–Crippen MR) is 70.9 cm³/mol. The molecule has 3 heteroatoms. The molecule has 0 saturated heterocycles. The minimum atomic E-state index is -0.313. The van der Waals surface area contributed by atoms with Crippen LogP contribution in [-0.2, 0) is 4.74 Å². The van der Waals surface area contributed by atoms with Gasteiger partial charge in [-0.1, -0.05) is 6.08 Å². The van der Waals surface area contributed by atoms with Crippen molar-refractivity contribution in [2.24, 2.45) is 11.8 Å². The SMILES string of the molecule is CCNC(=O)OCC1=CC[C@@H]2CCC#CCC[C@@H]12. The van der Waals surface area contributed by atoms with Gasteiger partial charge in [-0.25, -0.2) is 4.79 Å². The zero-order valence-corrected chi connectivity index (χ0v) is 11.0. The molecule has 0 aromatic heterocycles. The number of allylic oxidation sites excluding steroid dienone is 1. The van der Waals surface area contributed by atoms with Crippen LogP contribution in [0.1, 0.15) is 39.0 Å². The van der Waals surface area contributed by atoms with Crippen LogP contribution in [0.3, 0.4) is 0 Å². The van der Waals surface area contributed by atoms with E-state index in [4.69, 9.17) is 4.74 Å². The van der Waals surface area contributed by atoms with Crippen molar-refractivity contribution in [3.63, 3.8) is 0 Å². The van der Waals surface area contributed by atoms with Gasteiger partial charge >= 0.3 is 6.09 Å². The largest absolute Gasteiger partial charge is 0.445 e. The summed E-state index contributed by atoms with van der Waals surface area (Å²) in [5.41, 5.74) is 1.30. The Morgan fingerprint density at radius 2 is 2.22 bits per heavy atom. The Kier molecular flexibility index (Phi) is 4.69. The first kappa shape index (κ1) is 13.0. The van der Waals surface area contributed by atoms with Crippen molar-refractivity contribution in [1.29, 1.82) is 0 Å². The maximum Gasteiger partial charge on any atom is 0.407 e. The van der Waals surface area contributed by atoms with E-state index in [-0.39, 0.29) is 6.09 Å². The minimum Gasteiger partial charge on any atom is -0.445 e. The maximum absolute atomic E-state index is 11.3. The van der Waals surface area contributed by atoms with E-state index in [1.165, 1.54) is 12.0 Å². The van der Waals surface area contributed by atoms with Gasteiger partial charge in [0.2, 0.25) is 0 Å². The van der Waals surface area contributed by atoms with Crippen LogP contribution in [0.25, 0.3) is 0 Å². The van der Waals surface area contributed by atoms with Crippen LogP contribution in [0.4, 0.5) is 4.79 Å². The van der Waals surface area contributed by atoms with Gasteiger partial charge in [-0.05, 0) is 43.6 Å².